The number of rotatable bonds is 7. The van der Waals surface area contributed by atoms with Crippen LogP contribution in [0.15, 0.2) is 0 Å². The van der Waals surface area contributed by atoms with Gasteiger partial charge in [0, 0.05) is 12.6 Å². The van der Waals surface area contributed by atoms with Crippen molar-refractivity contribution in [2.75, 3.05) is 19.8 Å². The summed E-state index contributed by atoms with van der Waals surface area (Å²) in [5.74, 6) is 0. The first-order valence-electron chi connectivity index (χ1n) is 6.24. The number of unbranched alkanes of at least 4 members (excludes halogenated alkanes) is 3. The predicted molar refractivity (Wildman–Crippen MR) is 60.6 cm³/mol. The highest BCUT2D eigenvalue weighted by molar-refractivity contribution is 4.71. The molecule has 1 rings (SSSR count). The predicted octanol–water partition coefficient (Wildman–Crippen LogP) is 2.73. The molecule has 2 nitrogen and oxygen atoms in total. The van der Waals surface area contributed by atoms with Crippen LogP contribution in [0.25, 0.3) is 0 Å². The molecule has 0 radical (unpaired) electrons. The number of ether oxygens (including phenoxy) is 1. The Hall–Kier alpha value is -0.0800. The van der Waals surface area contributed by atoms with Gasteiger partial charge >= 0.3 is 0 Å². The Morgan fingerprint density at radius 2 is 2.14 bits per heavy atom. The molecule has 1 saturated heterocycles. The average molecular weight is 199 g/mol. The fourth-order valence-electron chi connectivity index (χ4n) is 1.92. The van der Waals surface area contributed by atoms with Crippen molar-refractivity contribution in [3.05, 3.63) is 0 Å². The van der Waals surface area contributed by atoms with Gasteiger partial charge in [-0.2, -0.15) is 0 Å². The van der Waals surface area contributed by atoms with Crippen LogP contribution in [0.1, 0.15) is 51.9 Å². The summed E-state index contributed by atoms with van der Waals surface area (Å²) in [6.07, 6.45) is 9.24. The minimum Gasteiger partial charge on any atom is -0.380 e. The Morgan fingerprint density at radius 1 is 1.21 bits per heavy atom. The maximum atomic E-state index is 5.66. The lowest BCUT2D eigenvalue weighted by atomic mass is 10.1. The molecule has 0 aromatic carbocycles. The maximum Gasteiger partial charge on any atom is 0.0619 e. The summed E-state index contributed by atoms with van der Waals surface area (Å²) in [5, 5.41) is 3.50. The summed E-state index contributed by atoms with van der Waals surface area (Å²) >= 11 is 0. The van der Waals surface area contributed by atoms with E-state index in [0.717, 1.165) is 13.2 Å². The molecule has 2 heteroatoms. The van der Waals surface area contributed by atoms with E-state index >= 15 is 0 Å². The lowest BCUT2D eigenvalue weighted by Gasteiger charge is -2.23. The van der Waals surface area contributed by atoms with Crippen molar-refractivity contribution < 1.29 is 4.74 Å². The zero-order valence-corrected chi connectivity index (χ0v) is 9.56. The lowest BCUT2D eigenvalue weighted by Crippen LogP contribution is -2.37. The molecule has 1 heterocycles. The Morgan fingerprint density at radius 3 is 2.86 bits per heavy atom. The molecule has 1 unspecified atom stereocenters. The number of nitrogens with one attached hydrogen (secondary N) is 1. The molecule has 0 spiro atoms. The number of hydrogen-bond donors (Lipinski definition) is 1. The Labute approximate surface area is 88.4 Å². The highest BCUT2D eigenvalue weighted by atomic mass is 16.5. The summed E-state index contributed by atoms with van der Waals surface area (Å²) in [7, 11) is 0. The summed E-state index contributed by atoms with van der Waals surface area (Å²) in [5.41, 5.74) is 0. The summed E-state index contributed by atoms with van der Waals surface area (Å²) in [6, 6.07) is 0.634. The summed E-state index contributed by atoms with van der Waals surface area (Å²) in [4.78, 5) is 0. The molecule has 0 saturated carbocycles. The highest BCUT2D eigenvalue weighted by Gasteiger charge is 2.11. The van der Waals surface area contributed by atoms with Crippen LogP contribution < -0.4 is 5.32 Å². The van der Waals surface area contributed by atoms with E-state index in [0.29, 0.717) is 6.04 Å². The van der Waals surface area contributed by atoms with Crippen LogP contribution in [0.5, 0.6) is 0 Å². The van der Waals surface area contributed by atoms with Gasteiger partial charge < -0.3 is 10.1 Å². The topological polar surface area (TPSA) is 21.3 Å². The third kappa shape index (κ3) is 5.61. The quantitative estimate of drug-likeness (QED) is 0.637. The standard InChI is InChI=1S/C12H25NO/c1-2-3-4-7-10-14-11-12-8-5-6-9-13-12/h12-13H,2-11H2,1H3. The van der Waals surface area contributed by atoms with E-state index < -0.39 is 0 Å². The molecular formula is C12H25NO. The largest absolute Gasteiger partial charge is 0.380 e. The van der Waals surface area contributed by atoms with Gasteiger partial charge in [-0.1, -0.05) is 32.6 Å². The molecule has 1 aliphatic rings. The van der Waals surface area contributed by atoms with Crippen LogP contribution in [0.3, 0.4) is 0 Å². The normalized spacial score (nSPS) is 22.5. The molecule has 0 aliphatic carbocycles. The number of hydrogen-bond acceptors (Lipinski definition) is 2. The van der Waals surface area contributed by atoms with Gasteiger partial charge in [-0.3, -0.25) is 0 Å². The van der Waals surface area contributed by atoms with E-state index in [-0.39, 0.29) is 0 Å². The molecule has 0 amide bonds. The van der Waals surface area contributed by atoms with E-state index in [9.17, 15) is 0 Å². The zero-order valence-electron chi connectivity index (χ0n) is 9.56. The van der Waals surface area contributed by atoms with Gasteiger partial charge in [0.25, 0.3) is 0 Å². The fraction of sp³-hybridized carbons (Fsp3) is 1.00. The van der Waals surface area contributed by atoms with Crippen LogP contribution in [-0.2, 0) is 4.74 Å². The third-order valence-electron chi connectivity index (χ3n) is 2.87. The van der Waals surface area contributed by atoms with Crippen molar-refractivity contribution >= 4 is 0 Å². The van der Waals surface area contributed by atoms with Crippen molar-refractivity contribution in [3.63, 3.8) is 0 Å². The first kappa shape index (κ1) is 12.0. The second kappa shape index (κ2) is 8.25. The third-order valence-corrected chi connectivity index (χ3v) is 2.87. The van der Waals surface area contributed by atoms with Crippen LogP contribution >= 0.6 is 0 Å². The molecule has 0 aromatic rings. The maximum absolute atomic E-state index is 5.66. The summed E-state index contributed by atoms with van der Waals surface area (Å²) in [6.45, 7) is 5.31. The van der Waals surface area contributed by atoms with E-state index in [1.807, 2.05) is 0 Å². The Kier molecular flexibility index (Phi) is 7.06. The van der Waals surface area contributed by atoms with Crippen molar-refractivity contribution in [1.29, 1.82) is 0 Å². The Balaban J connectivity index is 1.82. The van der Waals surface area contributed by atoms with E-state index in [2.05, 4.69) is 12.2 Å². The molecule has 0 bridgehead atoms. The monoisotopic (exact) mass is 199 g/mol. The van der Waals surface area contributed by atoms with Gasteiger partial charge in [-0.25, -0.2) is 0 Å². The van der Waals surface area contributed by atoms with Crippen LogP contribution in [0.4, 0.5) is 0 Å². The molecule has 1 fully saturated rings. The molecule has 0 aromatic heterocycles. The van der Waals surface area contributed by atoms with Crippen molar-refractivity contribution in [2.24, 2.45) is 0 Å². The first-order chi connectivity index (χ1) is 6.93. The van der Waals surface area contributed by atoms with E-state index in [1.165, 1.54) is 51.5 Å². The molecule has 1 N–H and O–H groups in total. The van der Waals surface area contributed by atoms with Crippen LogP contribution in [-0.4, -0.2) is 25.8 Å². The van der Waals surface area contributed by atoms with Gasteiger partial charge in [-0.15, -0.1) is 0 Å². The number of piperidine rings is 1. The van der Waals surface area contributed by atoms with Crippen LogP contribution in [0.2, 0.25) is 0 Å². The van der Waals surface area contributed by atoms with E-state index in [4.69, 9.17) is 4.74 Å². The van der Waals surface area contributed by atoms with Crippen LogP contribution in [0, 0.1) is 0 Å². The van der Waals surface area contributed by atoms with E-state index in [1.54, 1.807) is 0 Å². The second-order valence-electron chi connectivity index (χ2n) is 4.28. The Bertz CT molecular complexity index is 121. The molecule has 1 aliphatic heterocycles. The van der Waals surface area contributed by atoms with Crippen molar-refractivity contribution in [3.8, 4) is 0 Å². The van der Waals surface area contributed by atoms with Gasteiger partial charge in [-0.05, 0) is 25.8 Å². The molecular weight excluding hydrogens is 174 g/mol. The molecule has 1 atom stereocenters. The van der Waals surface area contributed by atoms with Crippen molar-refractivity contribution in [1.82, 2.24) is 5.32 Å². The highest BCUT2D eigenvalue weighted by Crippen LogP contribution is 2.07. The fourth-order valence-corrected chi connectivity index (χ4v) is 1.92. The van der Waals surface area contributed by atoms with Crippen molar-refractivity contribution in [2.45, 2.75) is 57.9 Å². The minimum atomic E-state index is 0.634. The molecule has 84 valence electrons. The summed E-state index contributed by atoms with van der Waals surface area (Å²) < 4.78 is 5.66. The van der Waals surface area contributed by atoms with Gasteiger partial charge in [0.2, 0.25) is 0 Å². The second-order valence-corrected chi connectivity index (χ2v) is 4.28. The first-order valence-corrected chi connectivity index (χ1v) is 6.24. The lowest BCUT2D eigenvalue weighted by molar-refractivity contribution is 0.0998. The smallest absolute Gasteiger partial charge is 0.0619 e. The SMILES string of the molecule is CCCCCCOCC1CCCCN1. The average Bonchev–Trinajstić information content (AvgIpc) is 2.25. The van der Waals surface area contributed by atoms with Gasteiger partial charge in [0.15, 0.2) is 0 Å². The minimum absolute atomic E-state index is 0.634. The zero-order chi connectivity index (χ0) is 10.1. The molecule has 14 heavy (non-hydrogen) atoms. The van der Waals surface area contributed by atoms with Gasteiger partial charge in [0.05, 0.1) is 6.61 Å². The van der Waals surface area contributed by atoms with Gasteiger partial charge in [0.1, 0.15) is 0 Å².